The molecule has 0 aliphatic carbocycles. The molecule has 12 nitrogen and oxygen atoms in total. The number of rotatable bonds is 16. The fourth-order valence-corrected chi connectivity index (χ4v) is 5.61. The summed E-state index contributed by atoms with van der Waals surface area (Å²) in [5.74, 6) is -1.93. The second-order valence-electron chi connectivity index (χ2n) is 13.5. The minimum Gasteiger partial charge on any atom is -0.444 e. The molecule has 12 heteroatoms. The van der Waals surface area contributed by atoms with Gasteiger partial charge < -0.3 is 45.5 Å². The minimum atomic E-state index is -1.26. The molecule has 0 saturated carbocycles. The zero-order valence-electron chi connectivity index (χ0n) is 28.8. The fourth-order valence-electron chi connectivity index (χ4n) is 5.61. The summed E-state index contributed by atoms with van der Waals surface area (Å²) in [5.41, 5.74) is 1.00. The van der Waals surface area contributed by atoms with Crippen LogP contribution in [0.25, 0.3) is 0 Å². The highest BCUT2D eigenvalue weighted by molar-refractivity contribution is 5.89. The largest absolute Gasteiger partial charge is 0.444 e. The lowest BCUT2D eigenvalue weighted by molar-refractivity contribution is -0.149. The van der Waals surface area contributed by atoms with Crippen LogP contribution in [0.1, 0.15) is 58.6 Å². The van der Waals surface area contributed by atoms with Crippen molar-refractivity contribution in [2.45, 2.75) is 109 Å². The van der Waals surface area contributed by atoms with Gasteiger partial charge in [0.1, 0.15) is 30.0 Å². The molecule has 1 aliphatic rings. The molecule has 6 N–H and O–H groups in total. The predicted octanol–water partition coefficient (Wildman–Crippen LogP) is 2.47. The lowest BCUT2D eigenvalue weighted by Crippen LogP contribution is -2.54. The van der Waals surface area contributed by atoms with Gasteiger partial charge in [-0.1, -0.05) is 80.9 Å². The van der Waals surface area contributed by atoms with E-state index in [1.807, 2.05) is 74.5 Å². The monoisotopic (exact) mass is 671 g/mol. The number of carbonyl (C=O) groups is 3. The fraction of sp³-hybridized carbons (Fsp3) is 0.583. The van der Waals surface area contributed by atoms with Gasteiger partial charge in [-0.3, -0.25) is 9.59 Å². The van der Waals surface area contributed by atoms with Crippen LogP contribution in [0.2, 0.25) is 0 Å². The standard InChI is InChI=1S/C36H53N3O9/c1-7-22(2)29(33(44)37-21-28-30(41)31(42)34(46-6)47-28)39-32(43)25(18-23-14-10-8-11-15-23)20-27(40)26(19-24-16-12-9-13-17-24)38-35(45)48-36(3,4)5/h8-17,22,25-31,34,40-42H,7,18-21H2,1-6H3,(H,37,44)(H,38,45)(H,39,43)/t22?,25-,26+,27+,28-,29+,30-,31-,34-/m1/s1. The first-order valence-electron chi connectivity index (χ1n) is 16.6. The molecule has 0 bridgehead atoms. The van der Waals surface area contributed by atoms with E-state index in [-0.39, 0.29) is 25.3 Å². The second kappa shape index (κ2) is 18.3. The normalized spacial score (nSPS) is 22.5. The lowest BCUT2D eigenvalue weighted by atomic mass is 9.88. The Kier molecular flexibility index (Phi) is 14.8. The average molecular weight is 672 g/mol. The quantitative estimate of drug-likeness (QED) is 0.157. The molecule has 0 spiro atoms. The van der Waals surface area contributed by atoms with Crippen LogP contribution in [-0.4, -0.2) is 95.3 Å². The van der Waals surface area contributed by atoms with E-state index in [0.29, 0.717) is 12.8 Å². The van der Waals surface area contributed by atoms with Crippen LogP contribution in [0.15, 0.2) is 60.7 Å². The second-order valence-corrected chi connectivity index (χ2v) is 13.5. The van der Waals surface area contributed by atoms with Crippen molar-refractivity contribution in [1.82, 2.24) is 16.0 Å². The highest BCUT2D eigenvalue weighted by atomic mass is 16.7. The van der Waals surface area contributed by atoms with Crippen LogP contribution in [0.4, 0.5) is 4.79 Å². The number of methoxy groups -OCH3 is 1. The molecule has 1 unspecified atom stereocenters. The third-order valence-electron chi connectivity index (χ3n) is 8.51. The minimum absolute atomic E-state index is 0.0126. The van der Waals surface area contributed by atoms with E-state index in [4.69, 9.17) is 14.2 Å². The Morgan fingerprint density at radius 2 is 1.48 bits per heavy atom. The predicted molar refractivity (Wildman–Crippen MR) is 180 cm³/mol. The summed E-state index contributed by atoms with van der Waals surface area (Å²) in [6.45, 7) is 8.90. The third kappa shape index (κ3) is 11.9. The van der Waals surface area contributed by atoms with E-state index < -0.39 is 72.2 Å². The number of nitrogens with one attached hydrogen (secondary N) is 3. The molecule has 1 heterocycles. The van der Waals surface area contributed by atoms with Crippen LogP contribution in [0, 0.1) is 11.8 Å². The Hall–Kier alpha value is -3.55. The number of aliphatic hydroxyl groups excluding tert-OH is 3. The first-order chi connectivity index (χ1) is 22.7. The number of hydrogen-bond donors (Lipinski definition) is 6. The van der Waals surface area contributed by atoms with Crippen molar-refractivity contribution in [2.75, 3.05) is 13.7 Å². The summed E-state index contributed by atoms with van der Waals surface area (Å²) in [5, 5.41) is 40.5. The van der Waals surface area contributed by atoms with E-state index in [0.717, 1.165) is 11.1 Å². The smallest absolute Gasteiger partial charge is 0.407 e. The Bertz CT molecular complexity index is 1290. The lowest BCUT2D eigenvalue weighted by Gasteiger charge is -2.30. The zero-order chi connectivity index (χ0) is 35.4. The molecule has 2 aromatic rings. The Morgan fingerprint density at radius 3 is 2.00 bits per heavy atom. The number of ether oxygens (including phenoxy) is 3. The zero-order valence-corrected chi connectivity index (χ0v) is 28.8. The van der Waals surface area contributed by atoms with Gasteiger partial charge in [0.25, 0.3) is 0 Å². The van der Waals surface area contributed by atoms with Gasteiger partial charge in [-0.2, -0.15) is 0 Å². The molecule has 9 atom stereocenters. The molecule has 1 aliphatic heterocycles. The van der Waals surface area contributed by atoms with Crippen LogP contribution < -0.4 is 16.0 Å². The maximum absolute atomic E-state index is 14.0. The molecule has 266 valence electrons. The summed E-state index contributed by atoms with van der Waals surface area (Å²) < 4.78 is 16.0. The molecule has 3 amide bonds. The van der Waals surface area contributed by atoms with Crippen molar-refractivity contribution in [2.24, 2.45) is 11.8 Å². The molecular formula is C36H53N3O9. The van der Waals surface area contributed by atoms with Crippen molar-refractivity contribution >= 4 is 17.9 Å². The van der Waals surface area contributed by atoms with Gasteiger partial charge in [-0.25, -0.2) is 4.79 Å². The number of benzene rings is 2. The van der Waals surface area contributed by atoms with Crippen molar-refractivity contribution in [1.29, 1.82) is 0 Å². The Labute approximate surface area is 283 Å². The molecule has 0 aromatic heterocycles. The first kappa shape index (κ1) is 38.9. The number of amides is 3. The van der Waals surface area contributed by atoms with Gasteiger partial charge in [0.05, 0.1) is 12.1 Å². The van der Waals surface area contributed by atoms with E-state index in [1.54, 1.807) is 20.8 Å². The number of hydrogen-bond acceptors (Lipinski definition) is 9. The average Bonchev–Trinajstić information content (AvgIpc) is 3.33. The molecule has 1 saturated heterocycles. The van der Waals surface area contributed by atoms with Gasteiger partial charge in [-0.15, -0.1) is 0 Å². The van der Waals surface area contributed by atoms with E-state index >= 15 is 0 Å². The third-order valence-corrected chi connectivity index (χ3v) is 8.51. The molecule has 2 aromatic carbocycles. The van der Waals surface area contributed by atoms with Gasteiger partial charge in [0.15, 0.2) is 6.29 Å². The van der Waals surface area contributed by atoms with Crippen molar-refractivity contribution < 1.29 is 43.9 Å². The van der Waals surface area contributed by atoms with Gasteiger partial charge in [-0.05, 0) is 57.1 Å². The molecule has 0 radical (unpaired) electrons. The number of carbonyl (C=O) groups excluding carboxylic acids is 3. The first-order valence-corrected chi connectivity index (χ1v) is 16.6. The maximum atomic E-state index is 14.0. The molecule has 1 fully saturated rings. The van der Waals surface area contributed by atoms with E-state index in [2.05, 4.69) is 16.0 Å². The summed E-state index contributed by atoms with van der Waals surface area (Å²) >= 11 is 0. The topological polar surface area (TPSA) is 176 Å². The van der Waals surface area contributed by atoms with Crippen molar-refractivity contribution in [3.8, 4) is 0 Å². The summed E-state index contributed by atoms with van der Waals surface area (Å²) in [6, 6.07) is 17.1. The highest BCUT2D eigenvalue weighted by Crippen LogP contribution is 2.23. The van der Waals surface area contributed by atoms with Crippen LogP contribution in [0.5, 0.6) is 0 Å². The highest BCUT2D eigenvalue weighted by Gasteiger charge is 2.43. The maximum Gasteiger partial charge on any atom is 0.407 e. The van der Waals surface area contributed by atoms with Crippen LogP contribution >= 0.6 is 0 Å². The van der Waals surface area contributed by atoms with E-state index in [1.165, 1.54) is 7.11 Å². The molecule has 3 rings (SSSR count). The summed E-state index contributed by atoms with van der Waals surface area (Å²) in [4.78, 5) is 40.3. The van der Waals surface area contributed by atoms with Gasteiger partial charge in [0.2, 0.25) is 11.8 Å². The Balaban J connectivity index is 1.80. The molecular weight excluding hydrogens is 618 g/mol. The molecule has 48 heavy (non-hydrogen) atoms. The van der Waals surface area contributed by atoms with Crippen LogP contribution in [0.3, 0.4) is 0 Å². The summed E-state index contributed by atoms with van der Waals surface area (Å²) in [7, 11) is 1.34. The van der Waals surface area contributed by atoms with Crippen LogP contribution in [-0.2, 0) is 36.6 Å². The van der Waals surface area contributed by atoms with Gasteiger partial charge >= 0.3 is 6.09 Å². The van der Waals surface area contributed by atoms with E-state index in [9.17, 15) is 29.7 Å². The summed E-state index contributed by atoms with van der Waals surface area (Å²) in [6.07, 6.45) is -5.12. The number of alkyl carbamates (subject to hydrolysis) is 1. The van der Waals surface area contributed by atoms with Gasteiger partial charge in [0, 0.05) is 19.6 Å². The van der Waals surface area contributed by atoms with Crippen molar-refractivity contribution in [3.63, 3.8) is 0 Å². The van der Waals surface area contributed by atoms with Crippen molar-refractivity contribution in [3.05, 3.63) is 71.8 Å². The number of aliphatic hydroxyl groups is 3. The Morgan fingerprint density at radius 1 is 0.896 bits per heavy atom. The SMILES string of the molecule is CCC(C)[C@H](NC(=O)[C@H](Cc1ccccc1)C[C@H](O)[C@H](Cc1ccccc1)NC(=O)OC(C)(C)C)C(=O)NC[C@H]1O[C@@H](OC)[C@H](O)[C@@H]1O.